The Morgan fingerprint density at radius 3 is 2.52 bits per heavy atom. The monoisotopic (exact) mass is 421 g/mol. The first kappa shape index (κ1) is 20.2. The molecule has 1 atom stereocenters. The van der Waals surface area contributed by atoms with E-state index in [1.165, 1.54) is 42.2 Å². The Morgan fingerprint density at radius 2 is 1.90 bits per heavy atom. The van der Waals surface area contributed by atoms with E-state index in [-0.39, 0.29) is 28.3 Å². The van der Waals surface area contributed by atoms with Crippen LogP contribution in [0.2, 0.25) is 0 Å². The SMILES string of the molecule is COc1cc(-c2nnn(C(C)c3ccc(F)cc3)n2)ccc1S(=O)(=O)OC(N)=O. The van der Waals surface area contributed by atoms with E-state index in [1.54, 1.807) is 12.1 Å². The average Bonchev–Trinajstić information content (AvgIpc) is 3.16. The highest BCUT2D eigenvalue weighted by atomic mass is 32.2. The quantitative estimate of drug-likeness (QED) is 0.595. The van der Waals surface area contributed by atoms with Crippen LogP contribution in [0.25, 0.3) is 11.4 Å². The van der Waals surface area contributed by atoms with Crippen LogP contribution in [0.1, 0.15) is 18.5 Å². The zero-order valence-electron chi connectivity index (χ0n) is 15.3. The number of carbonyl (C=O) groups is 1. The van der Waals surface area contributed by atoms with Gasteiger partial charge in [0.05, 0.1) is 13.2 Å². The van der Waals surface area contributed by atoms with Crippen molar-refractivity contribution in [2.24, 2.45) is 5.73 Å². The summed E-state index contributed by atoms with van der Waals surface area (Å²) in [5, 5.41) is 12.2. The van der Waals surface area contributed by atoms with Gasteiger partial charge in [0.2, 0.25) is 5.82 Å². The number of halogens is 1. The van der Waals surface area contributed by atoms with Crippen LogP contribution in [0, 0.1) is 5.82 Å². The zero-order chi connectivity index (χ0) is 21.2. The van der Waals surface area contributed by atoms with Crippen molar-refractivity contribution < 1.29 is 26.5 Å². The number of tetrazole rings is 1. The third kappa shape index (κ3) is 4.32. The van der Waals surface area contributed by atoms with Gasteiger partial charge >= 0.3 is 16.2 Å². The van der Waals surface area contributed by atoms with Crippen molar-refractivity contribution in [3.8, 4) is 17.1 Å². The van der Waals surface area contributed by atoms with Gasteiger partial charge in [-0.3, -0.25) is 0 Å². The number of benzene rings is 2. The molecule has 3 rings (SSSR count). The molecule has 2 aromatic carbocycles. The standard InChI is InChI=1S/C17H16FN5O5S/c1-10(11-3-6-13(18)7-4-11)23-21-16(20-22-23)12-5-8-15(14(9-12)27-2)29(25,26)28-17(19)24/h3-10H,1-2H3,(H2,19,24). The van der Waals surface area contributed by atoms with Gasteiger partial charge in [0.25, 0.3) is 0 Å². The average molecular weight is 421 g/mol. The molecule has 0 saturated heterocycles. The third-order valence-electron chi connectivity index (χ3n) is 4.01. The molecule has 0 spiro atoms. The normalized spacial score (nSPS) is 12.4. The first-order valence-corrected chi connectivity index (χ1v) is 9.59. The van der Waals surface area contributed by atoms with E-state index in [1.807, 2.05) is 6.92 Å². The maximum absolute atomic E-state index is 13.1. The highest BCUT2D eigenvalue weighted by Gasteiger charge is 2.24. The minimum Gasteiger partial charge on any atom is -0.495 e. The van der Waals surface area contributed by atoms with Crippen molar-refractivity contribution in [3.63, 3.8) is 0 Å². The Bertz CT molecular complexity index is 1150. The fourth-order valence-corrected chi connectivity index (χ4v) is 3.48. The minimum atomic E-state index is -4.44. The lowest BCUT2D eigenvalue weighted by Crippen LogP contribution is -2.19. The first-order chi connectivity index (χ1) is 13.7. The molecule has 0 radical (unpaired) electrons. The van der Waals surface area contributed by atoms with Gasteiger partial charge in [-0.2, -0.15) is 13.2 Å². The van der Waals surface area contributed by atoms with E-state index in [2.05, 4.69) is 19.6 Å². The Labute approximate surface area is 165 Å². The minimum absolute atomic E-state index is 0.0910. The summed E-state index contributed by atoms with van der Waals surface area (Å²) in [7, 11) is -3.19. The predicted octanol–water partition coefficient (Wildman–Crippen LogP) is 1.88. The van der Waals surface area contributed by atoms with Gasteiger partial charge < -0.3 is 14.7 Å². The van der Waals surface area contributed by atoms with Crippen molar-refractivity contribution in [2.75, 3.05) is 7.11 Å². The Morgan fingerprint density at radius 1 is 1.21 bits per heavy atom. The van der Waals surface area contributed by atoms with Crippen molar-refractivity contribution in [2.45, 2.75) is 17.9 Å². The van der Waals surface area contributed by atoms with Gasteiger partial charge in [-0.1, -0.05) is 12.1 Å². The molecule has 3 aromatic rings. The van der Waals surface area contributed by atoms with Crippen LogP contribution < -0.4 is 10.5 Å². The summed E-state index contributed by atoms with van der Waals surface area (Å²) in [6, 6.07) is 9.53. The van der Waals surface area contributed by atoms with Crippen LogP contribution in [-0.4, -0.2) is 41.8 Å². The summed E-state index contributed by atoms with van der Waals surface area (Å²) in [6.45, 7) is 1.82. The summed E-state index contributed by atoms with van der Waals surface area (Å²) in [5.74, 6) is -0.237. The molecule has 0 saturated carbocycles. The number of rotatable bonds is 6. The fourth-order valence-electron chi connectivity index (χ4n) is 2.55. The summed E-state index contributed by atoms with van der Waals surface area (Å²) >= 11 is 0. The van der Waals surface area contributed by atoms with Crippen LogP contribution in [0.15, 0.2) is 47.4 Å². The van der Waals surface area contributed by atoms with Crippen LogP contribution in [0.3, 0.4) is 0 Å². The van der Waals surface area contributed by atoms with E-state index in [0.717, 1.165) is 5.56 Å². The van der Waals surface area contributed by atoms with E-state index < -0.39 is 16.2 Å². The highest BCUT2D eigenvalue weighted by molar-refractivity contribution is 7.87. The zero-order valence-corrected chi connectivity index (χ0v) is 16.1. The largest absolute Gasteiger partial charge is 0.495 e. The van der Waals surface area contributed by atoms with E-state index in [9.17, 15) is 17.6 Å². The molecular formula is C17H16FN5O5S. The molecule has 10 nitrogen and oxygen atoms in total. The van der Waals surface area contributed by atoms with Crippen molar-refractivity contribution in [1.82, 2.24) is 20.2 Å². The van der Waals surface area contributed by atoms with Gasteiger partial charge in [-0.05, 0) is 48.0 Å². The number of aromatic nitrogens is 4. The van der Waals surface area contributed by atoms with E-state index in [4.69, 9.17) is 10.5 Å². The van der Waals surface area contributed by atoms with Crippen molar-refractivity contribution in [3.05, 3.63) is 53.8 Å². The molecule has 29 heavy (non-hydrogen) atoms. The summed E-state index contributed by atoms with van der Waals surface area (Å²) in [6.07, 6.45) is -1.46. The molecule has 152 valence electrons. The van der Waals surface area contributed by atoms with Gasteiger partial charge in [0.15, 0.2) is 0 Å². The van der Waals surface area contributed by atoms with Crippen molar-refractivity contribution >= 4 is 16.2 Å². The molecule has 0 aliphatic carbocycles. The number of carbonyl (C=O) groups excluding carboxylic acids is 1. The maximum atomic E-state index is 13.1. The number of hydrogen-bond donors (Lipinski definition) is 1. The first-order valence-electron chi connectivity index (χ1n) is 8.18. The summed E-state index contributed by atoms with van der Waals surface area (Å²) in [4.78, 5) is 11.8. The number of amides is 1. The number of methoxy groups -OCH3 is 1. The van der Waals surface area contributed by atoms with Gasteiger partial charge in [-0.15, -0.1) is 10.2 Å². The lowest BCUT2D eigenvalue weighted by molar-refractivity contribution is 0.212. The second-order valence-electron chi connectivity index (χ2n) is 5.88. The molecule has 12 heteroatoms. The Kier molecular flexibility index (Phi) is 5.46. The van der Waals surface area contributed by atoms with Gasteiger partial charge in [0.1, 0.15) is 16.5 Å². The van der Waals surface area contributed by atoms with Gasteiger partial charge in [-0.25, -0.2) is 9.18 Å². The van der Waals surface area contributed by atoms with Gasteiger partial charge in [0, 0.05) is 5.56 Å². The maximum Gasteiger partial charge on any atom is 0.420 e. The molecular weight excluding hydrogens is 405 g/mol. The Hall–Kier alpha value is -3.54. The fraction of sp³-hybridized carbons (Fsp3) is 0.176. The van der Waals surface area contributed by atoms with Crippen LogP contribution in [-0.2, 0) is 14.3 Å². The van der Waals surface area contributed by atoms with Crippen molar-refractivity contribution in [1.29, 1.82) is 0 Å². The lowest BCUT2D eigenvalue weighted by atomic mass is 10.1. The molecule has 0 bridgehead atoms. The number of primary amides is 1. The third-order valence-corrected chi connectivity index (χ3v) is 5.27. The van der Waals surface area contributed by atoms with E-state index >= 15 is 0 Å². The highest BCUT2D eigenvalue weighted by Crippen LogP contribution is 2.30. The molecule has 2 N–H and O–H groups in total. The molecule has 0 aliphatic heterocycles. The molecule has 0 fully saturated rings. The topological polar surface area (TPSA) is 139 Å². The summed E-state index contributed by atoms with van der Waals surface area (Å²) in [5.41, 5.74) is 5.97. The molecule has 1 aromatic heterocycles. The smallest absolute Gasteiger partial charge is 0.420 e. The number of hydrogen-bond acceptors (Lipinski definition) is 8. The number of ether oxygens (including phenoxy) is 1. The second kappa shape index (κ2) is 7.83. The predicted molar refractivity (Wildman–Crippen MR) is 97.9 cm³/mol. The second-order valence-corrected chi connectivity index (χ2v) is 7.40. The molecule has 1 amide bonds. The van der Waals surface area contributed by atoms with E-state index in [0.29, 0.717) is 5.56 Å². The summed E-state index contributed by atoms with van der Waals surface area (Å²) < 4.78 is 46.5. The number of nitrogens with two attached hydrogens (primary N) is 1. The lowest BCUT2D eigenvalue weighted by Gasteiger charge is -2.10. The van der Waals surface area contributed by atoms with Crippen LogP contribution in [0.5, 0.6) is 5.75 Å². The molecule has 1 unspecified atom stereocenters. The molecule has 0 aliphatic rings. The van der Waals surface area contributed by atoms with Crippen LogP contribution in [0.4, 0.5) is 9.18 Å². The number of nitrogens with zero attached hydrogens (tertiary/aromatic N) is 4. The van der Waals surface area contributed by atoms with Crippen LogP contribution >= 0.6 is 0 Å². The molecule has 1 heterocycles. The Balaban J connectivity index is 1.92.